The van der Waals surface area contributed by atoms with E-state index in [0.29, 0.717) is 6.61 Å². The number of hydrogen-bond donors (Lipinski definition) is 0. The van der Waals surface area contributed by atoms with Crippen LogP contribution in [0.25, 0.3) is 0 Å². The number of esters is 1. The highest BCUT2D eigenvalue weighted by atomic mass is 16.5. The van der Waals surface area contributed by atoms with E-state index in [2.05, 4.69) is 16.0 Å². The Hall–Kier alpha value is -1.46. The van der Waals surface area contributed by atoms with Crippen molar-refractivity contribution in [1.29, 1.82) is 0 Å². The lowest BCUT2D eigenvalue weighted by molar-refractivity contribution is -0.162. The van der Waals surface area contributed by atoms with E-state index in [1.165, 1.54) is 12.0 Å². The van der Waals surface area contributed by atoms with Crippen LogP contribution in [0.4, 0.5) is 0 Å². The normalized spacial score (nSPS) is 24.0. The van der Waals surface area contributed by atoms with E-state index in [-0.39, 0.29) is 17.5 Å². The number of piperidine rings is 1. The smallest absolute Gasteiger partial charge is 0.312 e. The van der Waals surface area contributed by atoms with Crippen LogP contribution in [0.5, 0.6) is 0 Å². The highest BCUT2D eigenvalue weighted by Crippen LogP contribution is 2.40. The van der Waals surface area contributed by atoms with Crippen molar-refractivity contribution in [3.8, 4) is 0 Å². The summed E-state index contributed by atoms with van der Waals surface area (Å²) in [6.45, 7) is 5.90. The molecule has 3 rings (SSSR count). The van der Waals surface area contributed by atoms with E-state index in [0.717, 1.165) is 58.3 Å². The van der Waals surface area contributed by atoms with Crippen LogP contribution in [0, 0.1) is 5.41 Å². The van der Waals surface area contributed by atoms with E-state index >= 15 is 0 Å². The topological polar surface area (TPSA) is 51.7 Å². The zero-order chi connectivity index (χ0) is 17.5. The van der Waals surface area contributed by atoms with Gasteiger partial charge in [-0.15, -0.1) is 0 Å². The summed E-state index contributed by atoms with van der Waals surface area (Å²) in [7, 11) is 0. The van der Waals surface area contributed by atoms with Crippen LogP contribution in [-0.4, -0.2) is 48.3 Å². The Morgan fingerprint density at radius 1 is 1.40 bits per heavy atom. The number of hydrogen-bond acceptors (Lipinski definition) is 5. The second kappa shape index (κ2) is 8.77. The van der Waals surface area contributed by atoms with E-state index < -0.39 is 0 Å². The van der Waals surface area contributed by atoms with Gasteiger partial charge in [-0.1, -0.05) is 6.07 Å². The summed E-state index contributed by atoms with van der Waals surface area (Å²) in [5.41, 5.74) is 0.852. The fourth-order valence-corrected chi connectivity index (χ4v) is 4.07. The molecule has 0 aliphatic carbocycles. The summed E-state index contributed by atoms with van der Waals surface area (Å²) >= 11 is 0. The molecule has 2 aliphatic rings. The lowest BCUT2D eigenvalue weighted by Crippen LogP contribution is -2.47. The first kappa shape index (κ1) is 18.3. The molecule has 2 fully saturated rings. The number of rotatable bonds is 6. The molecule has 0 bridgehead atoms. The van der Waals surface area contributed by atoms with Crippen molar-refractivity contribution in [3.05, 3.63) is 30.1 Å². The molecule has 3 heterocycles. The number of ether oxygens (including phenoxy) is 2. The molecule has 0 unspecified atom stereocenters. The van der Waals surface area contributed by atoms with Gasteiger partial charge in [-0.05, 0) is 70.2 Å². The minimum Gasteiger partial charge on any atom is -0.466 e. The van der Waals surface area contributed by atoms with Gasteiger partial charge in [0.05, 0.1) is 18.1 Å². The second-order valence-corrected chi connectivity index (χ2v) is 7.33. The van der Waals surface area contributed by atoms with Crippen molar-refractivity contribution in [2.75, 3.05) is 26.3 Å². The molecule has 0 aromatic carbocycles. The lowest BCUT2D eigenvalue weighted by atomic mass is 9.73. The number of carbonyl (C=O) groups excluding carboxylic acids is 1. The van der Waals surface area contributed by atoms with Crippen molar-refractivity contribution in [3.63, 3.8) is 0 Å². The van der Waals surface area contributed by atoms with Crippen LogP contribution < -0.4 is 0 Å². The monoisotopic (exact) mass is 346 g/mol. The maximum absolute atomic E-state index is 12.8. The Labute approximate surface area is 150 Å². The number of likely N-dealkylation sites (tertiary alicyclic amines) is 1. The van der Waals surface area contributed by atoms with E-state index in [1.807, 2.05) is 19.2 Å². The molecule has 25 heavy (non-hydrogen) atoms. The number of carbonyl (C=O) groups is 1. The van der Waals surface area contributed by atoms with E-state index in [1.54, 1.807) is 6.20 Å². The van der Waals surface area contributed by atoms with Crippen LogP contribution in [0.3, 0.4) is 0 Å². The van der Waals surface area contributed by atoms with Crippen molar-refractivity contribution in [2.24, 2.45) is 5.41 Å². The highest BCUT2D eigenvalue weighted by molar-refractivity contribution is 5.77. The average Bonchev–Trinajstić information content (AvgIpc) is 2.65. The van der Waals surface area contributed by atoms with Crippen molar-refractivity contribution < 1.29 is 14.3 Å². The molecule has 1 aromatic rings. The fourth-order valence-electron chi connectivity index (χ4n) is 4.07. The van der Waals surface area contributed by atoms with Crippen molar-refractivity contribution in [2.45, 2.75) is 58.1 Å². The molecule has 0 N–H and O–H groups in total. The maximum Gasteiger partial charge on any atom is 0.312 e. The molecule has 0 radical (unpaired) electrons. The molecule has 1 aromatic heterocycles. The predicted molar refractivity (Wildman–Crippen MR) is 96.0 cm³/mol. The second-order valence-electron chi connectivity index (χ2n) is 7.33. The molecular weight excluding hydrogens is 316 g/mol. The quantitative estimate of drug-likeness (QED) is 0.741. The molecular formula is C20H30N2O3. The van der Waals surface area contributed by atoms with Gasteiger partial charge in [0.15, 0.2) is 0 Å². The van der Waals surface area contributed by atoms with Gasteiger partial charge in [-0.25, -0.2) is 0 Å². The fraction of sp³-hybridized carbons (Fsp3) is 0.700. The Kier molecular flexibility index (Phi) is 6.43. The van der Waals surface area contributed by atoms with Gasteiger partial charge in [0, 0.05) is 25.5 Å². The van der Waals surface area contributed by atoms with Gasteiger partial charge < -0.3 is 9.47 Å². The van der Waals surface area contributed by atoms with Gasteiger partial charge in [-0.2, -0.15) is 0 Å². The molecule has 0 amide bonds. The SMILES string of the molecule is CCOC(=O)C1(C[C@@H]2CCCCO2)CCN(Cc2cccnc2)CC1. The van der Waals surface area contributed by atoms with Crippen LogP contribution in [0.2, 0.25) is 0 Å². The molecule has 5 heteroatoms. The molecule has 1 atom stereocenters. The standard InChI is InChI=1S/C20H30N2O3/c1-2-24-19(23)20(14-18-7-3-4-13-25-18)8-11-22(12-9-20)16-17-6-5-10-21-15-17/h5-6,10,15,18H,2-4,7-9,11-14,16H2,1H3/t18-/m0/s1. The third-order valence-electron chi connectivity index (χ3n) is 5.54. The molecule has 5 nitrogen and oxygen atoms in total. The van der Waals surface area contributed by atoms with Crippen LogP contribution in [-0.2, 0) is 20.8 Å². The van der Waals surface area contributed by atoms with Crippen LogP contribution >= 0.6 is 0 Å². The zero-order valence-electron chi connectivity index (χ0n) is 15.3. The zero-order valence-corrected chi connectivity index (χ0v) is 15.3. The Morgan fingerprint density at radius 3 is 2.88 bits per heavy atom. The minimum atomic E-state index is -0.372. The van der Waals surface area contributed by atoms with Crippen LogP contribution in [0.1, 0.15) is 51.0 Å². The third-order valence-corrected chi connectivity index (χ3v) is 5.54. The van der Waals surface area contributed by atoms with Crippen molar-refractivity contribution >= 4 is 5.97 Å². The largest absolute Gasteiger partial charge is 0.466 e. The molecule has 2 aliphatic heterocycles. The molecule has 0 spiro atoms. The van der Waals surface area contributed by atoms with Gasteiger partial charge in [0.1, 0.15) is 0 Å². The number of aromatic nitrogens is 1. The summed E-state index contributed by atoms with van der Waals surface area (Å²) in [6.07, 6.45) is 9.87. The predicted octanol–water partition coefficient (Wildman–Crippen LogP) is 3.19. The summed E-state index contributed by atoms with van der Waals surface area (Å²) in [4.78, 5) is 19.4. The summed E-state index contributed by atoms with van der Waals surface area (Å²) in [6, 6.07) is 4.08. The van der Waals surface area contributed by atoms with Gasteiger partial charge in [0.25, 0.3) is 0 Å². The van der Waals surface area contributed by atoms with E-state index in [9.17, 15) is 4.79 Å². The van der Waals surface area contributed by atoms with Gasteiger partial charge in [-0.3, -0.25) is 14.7 Å². The molecule has 2 saturated heterocycles. The Balaban J connectivity index is 1.62. The number of nitrogens with zero attached hydrogens (tertiary/aromatic N) is 2. The molecule has 138 valence electrons. The van der Waals surface area contributed by atoms with Gasteiger partial charge in [0.2, 0.25) is 0 Å². The summed E-state index contributed by atoms with van der Waals surface area (Å²) in [5, 5.41) is 0. The Bertz CT molecular complexity index is 535. The molecule has 0 saturated carbocycles. The maximum atomic E-state index is 12.8. The first-order chi connectivity index (χ1) is 12.2. The Morgan fingerprint density at radius 2 is 2.24 bits per heavy atom. The van der Waals surface area contributed by atoms with E-state index in [4.69, 9.17) is 9.47 Å². The lowest BCUT2D eigenvalue weighted by Gasteiger charge is -2.42. The van der Waals surface area contributed by atoms with Crippen molar-refractivity contribution in [1.82, 2.24) is 9.88 Å². The number of pyridine rings is 1. The van der Waals surface area contributed by atoms with Crippen LogP contribution in [0.15, 0.2) is 24.5 Å². The third kappa shape index (κ3) is 4.79. The first-order valence-corrected chi connectivity index (χ1v) is 9.62. The summed E-state index contributed by atoms with van der Waals surface area (Å²) in [5.74, 6) is -0.0230. The summed E-state index contributed by atoms with van der Waals surface area (Å²) < 4.78 is 11.4. The first-order valence-electron chi connectivity index (χ1n) is 9.62. The average molecular weight is 346 g/mol. The minimum absolute atomic E-state index is 0.0230. The highest BCUT2D eigenvalue weighted by Gasteiger charge is 2.44. The van der Waals surface area contributed by atoms with Gasteiger partial charge >= 0.3 is 5.97 Å².